The second-order valence-electron chi connectivity index (χ2n) is 16.4. The van der Waals surface area contributed by atoms with Crippen LogP contribution in [0.4, 0.5) is 0 Å². The summed E-state index contributed by atoms with van der Waals surface area (Å²) in [5.41, 5.74) is 5.32. The fourth-order valence-corrected chi connectivity index (χ4v) is 7.98. The molecule has 302 valence electrons. The van der Waals surface area contributed by atoms with Gasteiger partial charge in [0, 0.05) is 22.8 Å². The van der Waals surface area contributed by atoms with E-state index in [1.165, 1.54) is 198 Å². The van der Waals surface area contributed by atoms with Gasteiger partial charge in [-0.05, 0) is 42.2 Å². The molecule has 0 aromatic heterocycles. The van der Waals surface area contributed by atoms with Gasteiger partial charge in [-0.1, -0.05) is 237 Å². The number of fused-ring (bicyclic) bond motifs is 2. The van der Waals surface area contributed by atoms with Gasteiger partial charge < -0.3 is 9.47 Å². The summed E-state index contributed by atoms with van der Waals surface area (Å²) in [6.07, 6.45) is 49.4. The van der Waals surface area contributed by atoms with Gasteiger partial charge in [0.1, 0.15) is 11.5 Å². The minimum atomic E-state index is 0.713. The highest BCUT2D eigenvalue weighted by Crippen LogP contribution is 2.40. The van der Waals surface area contributed by atoms with Crippen LogP contribution in [0.25, 0.3) is 11.6 Å². The van der Waals surface area contributed by atoms with E-state index in [-0.39, 0.29) is 0 Å². The molecule has 2 bridgehead atoms. The molecule has 0 heterocycles. The van der Waals surface area contributed by atoms with Crippen molar-refractivity contribution in [3.05, 3.63) is 71.3 Å². The SMILES string of the molecule is C=Cc1[c]c(OCCCCCCCCCCCCCCCCCC)cc(C2=[C]c3cccc2c3)c1OCCCCCCCCCCCCCCCCCC. The maximum Gasteiger partial charge on any atom is 0.135 e. The molecule has 0 N–H and O–H groups in total. The van der Waals surface area contributed by atoms with E-state index < -0.39 is 0 Å². The van der Waals surface area contributed by atoms with Gasteiger partial charge >= 0.3 is 0 Å². The van der Waals surface area contributed by atoms with Crippen molar-refractivity contribution in [2.75, 3.05) is 13.2 Å². The zero-order valence-electron chi connectivity index (χ0n) is 35.5. The zero-order chi connectivity index (χ0) is 38.2. The topological polar surface area (TPSA) is 18.5 Å². The summed E-state index contributed by atoms with van der Waals surface area (Å²) >= 11 is 0. The average Bonchev–Trinajstić information content (AvgIpc) is 3.48. The van der Waals surface area contributed by atoms with E-state index in [0.717, 1.165) is 53.2 Å². The predicted octanol–water partition coefficient (Wildman–Crippen LogP) is 17.0. The third-order valence-electron chi connectivity index (χ3n) is 11.4. The Morgan fingerprint density at radius 2 is 0.907 bits per heavy atom. The van der Waals surface area contributed by atoms with Crippen molar-refractivity contribution in [2.24, 2.45) is 0 Å². The molecule has 0 saturated carbocycles. The summed E-state index contributed by atoms with van der Waals surface area (Å²) in [6, 6.07) is 14.2. The molecular formula is C52H82O2. The van der Waals surface area contributed by atoms with E-state index in [1.807, 2.05) is 6.08 Å². The Labute approximate surface area is 335 Å². The van der Waals surface area contributed by atoms with E-state index in [2.05, 4.69) is 62.9 Å². The predicted molar refractivity (Wildman–Crippen MR) is 237 cm³/mol. The number of benzene rings is 2. The smallest absolute Gasteiger partial charge is 0.135 e. The lowest BCUT2D eigenvalue weighted by atomic mass is 9.97. The lowest BCUT2D eigenvalue weighted by Gasteiger charge is -2.18. The number of rotatable bonds is 38. The summed E-state index contributed by atoms with van der Waals surface area (Å²) < 4.78 is 12.9. The Hall–Kier alpha value is -2.48. The summed E-state index contributed by atoms with van der Waals surface area (Å²) in [7, 11) is 0. The molecule has 3 rings (SSSR count). The highest BCUT2D eigenvalue weighted by atomic mass is 16.5. The average molecular weight is 739 g/mol. The molecule has 0 aliphatic heterocycles. The molecule has 0 amide bonds. The third kappa shape index (κ3) is 20.4. The fraction of sp³-hybridized carbons (Fsp3) is 0.692. The van der Waals surface area contributed by atoms with Crippen LogP contribution in [-0.2, 0) is 0 Å². The summed E-state index contributed by atoms with van der Waals surface area (Å²) in [5, 5.41) is 0. The van der Waals surface area contributed by atoms with Gasteiger partial charge in [-0.3, -0.25) is 0 Å². The van der Waals surface area contributed by atoms with Crippen LogP contribution in [0.1, 0.15) is 242 Å². The minimum absolute atomic E-state index is 0.713. The van der Waals surface area contributed by atoms with Crippen molar-refractivity contribution in [1.29, 1.82) is 0 Å². The zero-order valence-corrected chi connectivity index (χ0v) is 35.5. The molecule has 0 atom stereocenters. The second kappa shape index (κ2) is 31.7. The maximum absolute atomic E-state index is 6.54. The summed E-state index contributed by atoms with van der Waals surface area (Å²) in [4.78, 5) is 0. The summed E-state index contributed by atoms with van der Waals surface area (Å²) in [5.74, 6) is 1.65. The van der Waals surface area contributed by atoms with E-state index in [0.29, 0.717) is 6.61 Å². The van der Waals surface area contributed by atoms with Crippen molar-refractivity contribution in [3.63, 3.8) is 0 Å². The van der Waals surface area contributed by atoms with Gasteiger partial charge in [-0.2, -0.15) is 0 Å². The van der Waals surface area contributed by atoms with E-state index in [9.17, 15) is 0 Å². The number of hydrogen-bond donors (Lipinski definition) is 0. The second-order valence-corrected chi connectivity index (χ2v) is 16.4. The van der Waals surface area contributed by atoms with Crippen LogP contribution in [0.3, 0.4) is 0 Å². The molecule has 54 heavy (non-hydrogen) atoms. The van der Waals surface area contributed by atoms with Gasteiger partial charge in [-0.15, -0.1) is 0 Å². The van der Waals surface area contributed by atoms with Crippen LogP contribution >= 0.6 is 0 Å². The molecule has 2 heteroatoms. The monoisotopic (exact) mass is 739 g/mol. The molecular weight excluding hydrogens is 657 g/mol. The lowest BCUT2D eigenvalue weighted by molar-refractivity contribution is 0.294. The van der Waals surface area contributed by atoms with E-state index in [4.69, 9.17) is 9.47 Å². The Balaban J connectivity index is 1.29. The number of unbranched alkanes of at least 4 members (excludes halogenated alkanes) is 30. The molecule has 2 nitrogen and oxygen atoms in total. The van der Waals surface area contributed by atoms with Crippen molar-refractivity contribution in [2.45, 2.75) is 219 Å². The van der Waals surface area contributed by atoms with Crippen LogP contribution in [0.2, 0.25) is 0 Å². The standard InChI is InChI=1S/C52H82O2/c1-4-7-9-11-13-15-17-19-21-23-25-27-29-31-33-35-40-53-49-44-47(6-3)52(51(45-49)50-43-46-38-37-39-48(50)42-46)54-41-36-34-32-30-28-26-24-22-20-18-16-14-12-10-8-5-2/h6,37-39,42,45H,3-5,7-36,40-41H2,1-2H3. The van der Waals surface area contributed by atoms with Crippen LogP contribution < -0.4 is 9.47 Å². The molecule has 1 aliphatic rings. The molecule has 0 spiro atoms. The first-order chi connectivity index (χ1) is 26.8. The highest BCUT2D eigenvalue weighted by Gasteiger charge is 2.20. The van der Waals surface area contributed by atoms with Gasteiger partial charge in [0.15, 0.2) is 0 Å². The van der Waals surface area contributed by atoms with Crippen molar-refractivity contribution in [1.82, 2.24) is 0 Å². The van der Waals surface area contributed by atoms with Gasteiger partial charge in [0.25, 0.3) is 0 Å². The molecule has 0 unspecified atom stereocenters. The molecule has 2 aromatic rings. The van der Waals surface area contributed by atoms with Gasteiger partial charge in [0.2, 0.25) is 0 Å². The number of ether oxygens (including phenoxy) is 2. The van der Waals surface area contributed by atoms with E-state index >= 15 is 0 Å². The van der Waals surface area contributed by atoms with Crippen LogP contribution in [0.5, 0.6) is 11.5 Å². The Kier molecular flexibility index (Phi) is 26.9. The van der Waals surface area contributed by atoms with Gasteiger partial charge in [0.05, 0.1) is 13.2 Å². The van der Waals surface area contributed by atoms with Crippen LogP contribution in [-0.4, -0.2) is 13.2 Å². The van der Waals surface area contributed by atoms with Crippen molar-refractivity contribution >= 4 is 11.6 Å². The Morgan fingerprint density at radius 1 is 0.500 bits per heavy atom. The van der Waals surface area contributed by atoms with Crippen molar-refractivity contribution in [3.8, 4) is 11.5 Å². The van der Waals surface area contributed by atoms with Crippen molar-refractivity contribution < 1.29 is 9.47 Å². The van der Waals surface area contributed by atoms with E-state index in [1.54, 1.807) is 0 Å². The molecule has 0 fully saturated rings. The Morgan fingerprint density at radius 3 is 1.31 bits per heavy atom. The first-order valence-electron chi connectivity index (χ1n) is 23.5. The molecule has 0 saturated heterocycles. The van der Waals surface area contributed by atoms with Crippen LogP contribution in [0.15, 0.2) is 36.9 Å². The largest absolute Gasteiger partial charge is 0.493 e. The van der Waals surface area contributed by atoms with Gasteiger partial charge in [-0.25, -0.2) is 0 Å². The molecule has 2 aromatic carbocycles. The highest BCUT2D eigenvalue weighted by molar-refractivity contribution is 5.88. The minimum Gasteiger partial charge on any atom is -0.493 e. The fourth-order valence-electron chi connectivity index (χ4n) is 7.98. The molecule has 2 radical (unpaired) electrons. The Bertz CT molecular complexity index is 1240. The normalized spacial score (nSPS) is 12.0. The lowest BCUT2D eigenvalue weighted by Crippen LogP contribution is -2.05. The maximum atomic E-state index is 6.54. The summed E-state index contributed by atoms with van der Waals surface area (Å²) in [6.45, 7) is 10.2. The third-order valence-corrected chi connectivity index (χ3v) is 11.4. The molecule has 1 aliphatic carbocycles. The first-order valence-corrected chi connectivity index (χ1v) is 23.5. The first kappa shape index (κ1) is 45.9. The quantitative estimate of drug-likeness (QED) is 0.0545. The number of hydrogen-bond acceptors (Lipinski definition) is 2. The van der Waals surface area contributed by atoms with Crippen LogP contribution in [0, 0.1) is 12.1 Å².